The summed E-state index contributed by atoms with van der Waals surface area (Å²) in [6.07, 6.45) is 1.02. The molecule has 0 spiro atoms. The fourth-order valence-electron chi connectivity index (χ4n) is 2.88. The highest BCUT2D eigenvalue weighted by molar-refractivity contribution is 7.10. The van der Waals surface area contributed by atoms with Gasteiger partial charge in [0, 0.05) is 18.0 Å². The van der Waals surface area contributed by atoms with Crippen LogP contribution in [0.1, 0.15) is 22.0 Å². The third-order valence-electron chi connectivity index (χ3n) is 4.10. The van der Waals surface area contributed by atoms with Crippen LogP contribution in [-0.4, -0.2) is 45.8 Å². The van der Waals surface area contributed by atoms with Crippen LogP contribution in [0.5, 0.6) is 11.5 Å². The number of benzene rings is 1. The first-order chi connectivity index (χ1) is 11.2. The molecule has 1 aliphatic rings. The van der Waals surface area contributed by atoms with E-state index >= 15 is 0 Å². The van der Waals surface area contributed by atoms with Crippen LogP contribution in [0.4, 0.5) is 0 Å². The Bertz CT molecular complexity index is 641. The maximum absolute atomic E-state index is 5.98. The quantitative estimate of drug-likeness (QED) is 0.882. The van der Waals surface area contributed by atoms with Crippen molar-refractivity contribution >= 4 is 11.3 Å². The maximum atomic E-state index is 5.98. The molecule has 0 aliphatic carbocycles. The van der Waals surface area contributed by atoms with Gasteiger partial charge in [0.1, 0.15) is 6.61 Å². The highest BCUT2D eigenvalue weighted by Crippen LogP contribution is 2.38. The molecule has 1 unspecified atom stereocenters. The van der Waals surface area contributed by atoms with Crippen LogP contribution in [-0.2, 0) is 6.42 Å². The molecule has 2 aromatic rings. The fourth-order valence-corrected chi connectivity index (χ4v) is 3.70. The van der Waals surface area contributed by atoms with E-state index in [1.165, 1.54) is 16.0 Å². The lowest BCUT2D eigenvalue weighted by Crippen LogP contribution is -2.30. The van der Waals surface area contributed by atoms with E-state index in [0.717, 1.165) is 31.0 Å². The summed E-state index contributed by atoms with van der Waals surface area (Å²) >= 11 is 1.79. The van der Waals surface area contributed by atoms with Crippen molar-refractivity contribution in [3.05, 3.63) is 45.6 Å². The van der Waals surface area contributed by atoms with Crippen LogP contribution in [0, 0.1) is 0 Å². The van der Waals surface area contributed by atoms with E-state index in [2.05, 4.69) is 39.9 Å². The molecule has 1 N–H and O–H groups in total. The lowest BCUT2D eigenvalue weighted by molar-refractivity contribution is 0.250. The molecule has 0 amide bonds. The Morgan fingerprint density at radius 2 is 2.17 bits per heavy atom. The van der Waals surface area contributed by atoms with Crippen molar-refractivity contribution in [3.8, 4) is 11.5 Å². The van der Waals surface area contributed by atoms with E-state index in [0.29, 0.717) is 6.61 Å². The first kappa shape index (κ1) is 16.3. The third kappa shape index (κ3) is 3.68. The van der Waals surface area contributed by atoms with Crippen molar-refractivity contribution in [3.63, 3.8) is 0 Å². The Labute approximate surface area is 142 Å². The van der Waals surface area contributed by atoms with E-state index < -0.39 is 0 Å². The largest absolute Gasteiger partial charge is 0.493 e. The topological polar surface area (TPSA) is 33.7 Å². The molecule has 124 valence electrons. The molecule has 0 fully saturated rings. The zero-order chi connectivity index (χ0) is 16.2. The van der Waals surface area contributed by atoms with E-state index in [1.807, 2.05) is 14.1 Å². The molecule has 0 bridgehead atoms. The molecule has 3 rings (SSSR count). The van der Waals surface area contributed by atoms with E-state index in [-0.39, 0.29) is 6.04 Å². The molecule has 5 heteroatoms. The van der Waals surface area contributed by atoms with E-state index in [4.69, 9.17) is 9.47 Å². The Kier molecular flexibility index (Phi) is 5.20. The summed E-state index contributed by atoms with van der Waals surface area (Å²) in [4.78, 5) is 3.45. The third-order valence-corrected chi connectivity index (χ3v) is 5.04. The van der Waals surface area contributed by atoms with Crippen molar-refractivity contribution < 1.29 is 9.47 Å². The van der Waals surface area contributed by atoms with Crippen LogP contribution in [0.3, 0.4) is 0 Å². The molecule has 1 atom stereocenters. The minimum atomic E-state index is 0.251. The Hall–Kier alpha value is -1.56. The highest BCUT2D eigenvalue weighted by Gasteiger charge is 2.24. The second-order valence-corrected chi connectivity index (χ2v) is 6.99. The molecule has 2 heterocycles. The molecule has 4 nitrogen and oxygen atoms in total. The summed E-state index contributed by atoms with van der Waals surface area (Å²) in [5.41, 5.74) is 2.65. The zero-order valence-electron chi connectivity index (χ0n) is 14.0. The van der Waals surface area contributed by atoms with Crippen molar-refractivity contribution in [2.75, 3.05) is 40.9 Å². The monoisotopic (exact) mass is 332 g/mol. The van der Waals surface area contributed by atoms with Gasteiger partial charge in [0.05, 0.1) is 13.2 Å². The number of fused-ring (bicyclic) bond motifs is 1. The number of methoxy groups -OCH3 is 1. The number of hydrogen-bond donors (Lipinski definition) is 1. The average Bonchev–Trinajstić information content (AvgIpc) is 3.07. The van der Waals surface area contributed by atoms with Crippen LogP contribution in [0.25, 0.3) is 0 Å². The van der Waals surface area contributed by atoms with Gasteiger partial charge in [-0.25, -0.2) is 0 Å². The minimum Gasteiger partial charge on any atom is -0.493 e. The predicted octanol–water partition coefficient (Wildman–Crippen LogP) is 2.93. The van der Waals surface area contributed by atoms with E-state index in [9.17, 15) is 0 Å². The highest BCUT2D eigenvalue weighted by atomic mass is 32.1. The maximum Gasteiger partial charge on any atom is 0.161 e. The predicted molar refractivity (Wildman–Crippen MR) is 94.9 cm³/mol. The summed E-state index contributed by atoms with van der Waals surface area (Å²) in [6.45, 7) is 2.52. The Balaban J connectivity index is 1.90. The molecule has 0 saturated heterocycles. The van der Waals surface area contributed by atoms with Gasteiger partial charge in [0.2, 0.25) is 0 Å². The van der Waals surface area contributed by atoms with Gasteiger partial charge in [-0.2, -0.15) is 0 Å². The van der Waals surface area contributed by atoms with Gasteiger partial charge in [0.25, 0.3) is 0 Å². The van der Waals surface area contributed by atoms with Gasteiger partial charge in [-0.3, -0.25) is 0 Å². The van der Waals surface area contributed by atoms with Crippen molar-refractivity contribution in [2.24, 2.45) is 0 Å². The summed E-state index contributed by atoms with van der Waals surface area (Å²) in [7, 11) is 5.80. The van der Waals surface area contributed by atoms with Crippen LogP contribution < -0.4 is 14.8 Å². The first-order valence-corrected chi connectivity index (χ1v) is 8.82. The second kappa shape index (κ2) is 7.34. The number of nitrogens with one attached hydrogen (secondary N) is 1. The molecule has 1 aliphatic heterocycles. The van der Waals surface area contributed by atoms with Crippen LogP contribution >= 0.6 is 11.3 Å². The summed E-state index contributed by atoms with van der Waals surface area (Å²) < 4.78 is 11.5. The summed E-state index contributed by atoms with van der Waals surface area (Å²) in [5, 5.41) is 5.75. The van der Waals surface area contributed by atoms with Gasteiger partial charge in [-0.15, -0.1) is 11.3 Å². The molecular formula is C18H24N2O2S. The smallest absolute Gasteiger partial charge is 0.161 e. The van der Waals surface area contributed by atoms with Gasteiger partial charge in [-0.05, 0) is 55.2 Å². The van der Waals surface area contributed by atoms with Crippen molar-refractivity contribution in [1.29, 1.82) is 0 Å². The number of ether oxygens (including phenoxy) is 2. The van der Waals surface area contributed by atoms with Crippen LogP contribution in [0.15, 0.2) is 29.6 Å². The number of hydrogen-bond acceptors (Lipinski definition) is 5. The van der Waals surface area contributed by atoms with Crippen molar-refractivity contribution in [1.82, 2.24) is 10.2 Å². The standard InChI is InChI=1S/C18H24N2O2S/c1-20(2)8-9-22-16-12-14-13(11-15(16)21-3)6-7-19-18(14)17-5-4-10-23-17/h4-5,10-12,18-19H,6-9H2,1-3H3. The fraction of sp³-hybridized carbons (Fsp3) is 0.444. The summed E-state index contributed by atoms with van der Waals surface area (Å²) in [6, 6.07) is 8.84. The number of thiophene rings is 1. The first-order valence-electron chi connectivity index (χ1n) is 7.94. The molecule has 1 aromatic carbocycles. The lowest BCUT2D eigenvalue weighted by Gasteiger charge is -2.27. The van der Waals surface area contributed by atoms with E-state index in [1.54, 1.807) is 18.4 Å². The molecule has 1 aromatic heterocycles. The minimum absolute atomic E-state index is 0.251. The normalized spacial score (nSPS) is 17.1. The SMILES string of the molecule is COc1cc2c(cc1OCCN(C)C)C(c1cccs1)NCC2. The van der Waals surface area contributed by atoms with Gasteiger partial charge < -0.3 is 19.7 Å². The van der Waals surface area contributed by atoms with Gasteiger partial charge in [0.15, 0.2) is 11.5 Å². The number of nitrogens with zero attached hydrogens (tertiary/aromatic N) is 1. The number of likely N-dealkylation sites (N-methyl/N-ethyl adjacent to an activating group) is 1. The zero-order valence-corrected chi connectivity index (χ0v) is 14.8. The average molecular weight is 332 g/mol. The van der Waals surface area contributed by atoms with Gasteiger partial charge in [-0.1, -0.05) is 6.07 Å². The second-order valence-electron chi connectivity index (χ2n) is 6.01. The molecule has 0 saturated carbocycles. The van der Waals surface area contributed by atoms with Crippen molar-refractivity contribution in [2.45, 2.75) is 12.5 Å². The number of rotatable bonds is 6. The molecule has 0 radical (unpaired) electrons. The molecular weight excluding hydrogens is 308 g/mol. The Morgan fingerprint density at radius 3 is 2.87 bits per heavy atom. The lowest BCUT2D eigenvalue weighted by atomic mass is 9.92. The molecule has 23 heavy (non-hydrogen) atoms. The van der Waals surface area contributed by atoms with Crippen LogP contribution in [0.2, 0.25) is 0 Å². The summed E-state index contributed by atoms with van der Waals surface area (Å²) in [5.74, 6) is 1.66. The van der Waals surface area contributed by atoms with Gasteiger partial charge >= 0.3 is 0 Å². The Morgan fingerprint density at radius 1 is 1.30 bits per heavy atom.